The summed E-state index contributed by atoms with van der Waals surface area (Å²) in [6, 6.07) is 0. The predicted molar refractivity (Wildman–Crippen MR) is 58.1 cm³/mol. The Balaban J connectivity index is 4.55. The second-order valence-electron chi connectivity index (χ2n) is 3.86. The quantitative estimate of drug-likeness (QED) is 0.648. The molecule has 0 aliphatic heterocycles. The van der Waals surface area contributed by atoms with Crippen molar-refractivity contribution >= 4 is 16.9 Å². The normalized spacial score (nSPS) is 17.6. The summed E-state index contributed by atoms with van der Waals surface area (Å²) >= 11 is 0.540. The van der Waals surface area contributed by atoms with Crippen LogP contribution in [0.15, 0.2) is 0 Å². The largest absolute Gasteiger partial charge is 0.425 e. The smallest absolute Gasteiger partial charge is 0.287 e. The summed E-state index contributed by atoms with van der Waals surface area (Å²) in [7, 11) is 0. The van der Waals surface area contributed by atoms with Crippen LogP contribution in [0.3, 0.4) is 0 Å². The van der Waals surface area contributed by atoms with Gasteiger partial charge in [-0.15, -0.1) is 0 Å². The van der Waals surface area contributed by atoms with Crippen molar-refractivity contribution in [2.75, 3.05) is 5.75 Å². The van der Waals surface area contributed by atoms with Crippen molar-refractivity contribution < 1.29 is 39.9 Å². The van der Waals surface area contributed by atoms with Crippen molar-refractivity contribution in [3.63, 3.8) is 0 Å². The summed E-state index contributed by atoms with van der Waals surface area (Å²) in [4.78, 5) is 10.8. The minimum Gasteiger partial charge on any atom is -0.287 e. The number of hydrogen-bond donors (Lipinski definition) is 0. The molecule has 0 amide bonds. The highest BCUT2D eigenvalue weighted by molar-refractivity contribution is 8.13. The van der Waals surface area contributed by atoms with E-state index in [1.807, 2.05) is 0 Å². The van der Waals surface area contributed by atoms with Gasteiger partial charge in [-0.3, -0.25) is 4.79 Å². The Morgan fingerprint density at radius 3 is 2.00 bits per heavy atom. The summed E-state index contributed by atoms with van der Waals surface area (Å²) in [5.41, 5.74) is 0. The number of rotatable bonds is 7. The number of halogens is 8. The van der Waals surface area contributed by atoms with Crippen molar-refractivity contribution in [2.24, 2.45) is 0 Å². The van der Waals surface area contributed by atoms with Crippen molar-refractivity contribution in [2.45, 2.75) is 50.4 Å². The van der Waals surface area contributed by atoms with E-state index in [-0.39, 0.29) is 12.2 Å². The molecule has 0 fully saturated rings. The lowest BCUT2D eigenvalue weighted by Crippen LogP contribution is -2.51. The molecule has 0 heterocycles. The molecule has 120 valence electrons. The maximum absolute atomic E-state index is 13.1. The van der Waals surface area contributed by atoms with Crippen LogP contribution in [-0.4, -0.2) is 41.5 Å². The Hall–Kier alpha value is -0.540. The van der Waals surface area contributed by atoms with Gasteiger partial charge in [-0.2, -0.15) is 22.0 Å². The van der Waals surface area contributed by atoms with Gasteiger partial charge >= 0.3 is 12.1 Å². The lowest BCUT2D eigenvalue weighted by Gasteiger charge is -2.27. The van der Waals surface area contributed by atoms with Crippen LogP contribution in [0, 0.1) is 0 Å². The van der Waals surface area contributed by atoms with E-state index in [4.69, 9.17) is 0 Å². The van der Waals surface area contributed by atoms with Gasteiger partial charge in [0.05, 0.1) is 0 Å². The van der Waals surface area contributed by atoms with E-state index in [9.17, 15) is 39.9 Å². The first-order valence-electron chi connectivity index (χ1n) is 5.46. The van der Waals surface area contributed by atoms with E-state index in [0.29, 0.717) is 11.8 Å². The molecule has 0 aromatic rings. The van der Waals surface area contributed by atoms with Gasteiger partial charge < -0.3 is 0 Å². The fraction of sp³-hybridized carbons (Fsp3) is 0.900. The molecule has 0 bridgehead atoms. The number of thioether (sulfide) groups is 1. The lowest BCUT2D eigenvalue weighted by atomic mass is 10.0. The molecule has 0 aromatic heterocycles. The first kappa shape index (κ1) is 19.5. The average molecular weight is 332 g/mol. The van der Waals surface area contributed by atoms with Crippen LogP contribution in [-0.2, 0) is 4.79 Å². The minimum absolute atomic E-state index is 0.0808. The Labute approximate surface area is 114 Å². The van der Waals surface area contributed by atoms with E-state index in [1.165, 1.54) is 6.92 Å². The maximum atomic E-state index is 13.1. The number of alkyl halides is 8. The Morgan fingerprint density at radius 2 is 1.60 bits per heavy atom. The second kappa shape index (κ2) is 7.46. The molecule has 1 nitrogen and oxygen atoms in total. The Morgan fingerprint density at radius 1 is 1.10 bits per heavy atom. The van der Waals surface area contributed by atoms with Crippen LogP contribution in [0.4, 0.5) is 35.1 Å². The molecule has 3 unspecified atom stereocenters. The van der Waals surface area contributed by atoms with Crippen LogP contribution < -0.4 is 0 Å². The zero-order valence-corrected chi connectivity index (χ0v) is 11.0. The molecule has 0 radical (unpaired) electrons. The molecule has 10 heteroatoms. The lowest BCUT2D eigenvalue weighted by molar-refractivity contribution is -0.264. The van der Waals surface area contributed by atoms with Gasteiger partial charge in [0.1, 0.15) is 6.17 Å². The molecule has 3 atom stereocenters. The third kappa shape index (κ3) is 5.45. The molecule has 0 rings (SSSR count). The maximum Gasteiger partial charge on any atom is 0.425 e. The first-order chi connectivity index (χ1) is 8.94. The highest BCUT2D eigenvalue weighted by Crippen LogP contribution is 2.40. The van der Waals surface area contributed by atoms with Gasteiger partial charge in [0.25, 0.3) is 6.17 Å². The van der Waals surface area contributed by atoms with Crippen molar-refractivity contribution in [1.29, 1.82) is 0 Å². The van der Waals surface area contributed by atoms with Crippen molar-refractivity contribution in [3.05, 3.63) is 0 Å². The summed E-state index contributed by atoms with van der Waals surface area (Å²) < 4.78 is 99.5. The fourth-order valence-corrected chi connectivity index (χ4v) is 1.91. The molecule has 0 saturated carbocycles. The molecule has 20 heavy (non-hydrogen) atoms. The van der Waals surface area contributed by atoms with E-state index in [0.717, 1.165) is 0 Å². The van der Waals surface area contributed by atoms with Crippen LogP contribution in [0.25, 0.3) is 0 Å². The monoisotopic (exact) mass is 332 g/mol. The van der Waals surface area contributed by atoms with Gasteiger partial charge in [0.15, 0.2) is 11.3 Å². The molecule has 0 spiro atoms. The average Bonchev–Trinajstić information content (AvgIpc) is 2.35. The van der Waals surface area contributed by atoms with Crippen LogP contribution in [0.5, 0.6) is 0 Å². The summed E-state index contributed by atoms with van der Waals surface area (Å²) in [6.45, 7) is 1.48. The molecule has 0 N–H and O–H groups in total. The predicted octanol–water partition coefficient (Wildman–Crippen LogP) is 4.26. The topological polar surface area (TPSA) is 17.1 Å². The van der Waals surface area contributed by atoms with E-state index in [1.54, 1.807) is 0 Å². The van der Waals surface area contributed by atoms with Gasteiger partial charge in [0, 0.05) is 12.2 Å². The summed E-state index contributed by atoms with van der Waals surface area (Å²) in [5.74, 6) is -5.90. The first-order valence-corrected chi connectivity index (χ1v) is 6.45. The summed E-state index contributed by atoms with van der Waals surface area (Å²) in [5, 5.41) is -0.405. The molecule has 0 aromatic carbocycles. The van der Waals surface area contributed by atoms with Crippen LogP contribution in [0.2, 0.25) is 0 Å². The zero-order chi connectivity index (χ0) is 16.1. The van der Waals surface area contributed by atoms with Crippen molar-refractivity contribution in [3.8, 4) is 0 Å². The Bertz CT molecular complexity index is 319. The standard InChI is InChI=1S/C10H12F8OS/c1-2-6(19)20-4-3-5(11)7(12)9(14,15)8(13)10(16,17)18/h5,7-8H,2-4H2,1H3. The van der Waals surface area contributed by atoms with E-state index in [2.05, 4.69) is 0 Å². The van der Waals surface area contributed by atoms with Gasteiger partial charge in [0.2, 0.25) is 0 Å². The zero-order valence-electron chi connectivity index (χ0n) is 10.2. The molecular weight excluding hydrogens is 320 g/mol. The SMILES string of the molecule is CCC(=O)SCCC(F)C(F)C(F)(F)C(F)C(F)(F)F. The highest BCUT2D eigenvalue weighted by Gasteiger charge is 2.62. The van der Waals surface area contributed by atoms with Gasteiger partial charge in [-0.05, 0) is 6.42 Å². The van der Waals surface area contributed by atoms with E-state index < -0.39 is 42.1 Å². The molecular formula is C10H12F8OS. The molecule has 0 aliphatic carbocycles. The molecule has 0 aliphatic rings. The molecule has 0 saturated heterocycles. The van der Waals surface area contributed by atoms with Crippen LogP contribution in [0.1, 0.15) is 19.8 Å². The van der Waals surface area contributed by atoms with Gasteiger partial charge in [-0.1, -0.05) is 18.7 Å². The van der Waals surface area contributed by atoms with Crippen molar-refractivity contribution in [1.82, 2.24) is 0 Å². The minimum atomic E-state index is -5.99. The second-order valence-corrected chi connectivity index (χ2v) is 5.01. The van der Waals surface area contributed by atoms with E-state index >= 15 is 0 Å². The Kier molecular flexibility index (Phi) is 7.26. The third-order valence-corrected chi connectivity index (χ3v) is 3.31. The number of carbonyl (C=O) groups is 1. The number of carbonyl (C=O) groups excluding carboxylic acids is 1. The third-order valence-electron chi connectivity index (χ3n) is 2.26. The van der Waals surface area contributed by atoms with Crippen LogP contribution >= 0.6 is 11.8 Å². The highest BCUT2D eigenvalue weighted by atomic mass is 32.2. The number of hydrogen-bond acceptors (Lipinski definition) is 2. The fourth-order valence-electron chi connectivity index (χ4n) is 1.13. The summed E-state index contributed by atoms with van der Waals surface area (Å²) in [6.07, 6.45) is -18.5. The van der Waals surface area contributed by atoms with Gasteiger partial charge in [-0.25, -0.2) is 13.2 Å².